The van der Waals surface area contributed by atoms with Crippen molar-refractivity contribution in [3.63, 3.8) is 0 Å². The fraction of sp³-hybridized carbons (Fsp3) is 0.333. The van der Waals surface area contributed by atoms with Gasteiger partial charge in [-0.25, -0.2) is 0 Å². The Morgan fingerprint density at radius 2 is 2.11 bits per heavy atom. The standard InChI is InChI=1S/C21H22ClNO4/c22-18-10-5-4-9-17(18)21-26-14-16(7-2-1-3-11-19(24)25)20(27-21)15-8-6-12-23-13-15/h1-2,4-6,8-10,12-13,16,20-21H,3,7,11,14H2,(H,24,25)/b2-1-/t16-,20-,21+/m1/s1. The first-order chi connectivity index (χ1) is 13.1. The van der Waals surface area contributed by atoms with Crippen LogP contribution in [-0.2, 0) is 14.3 Å². The Kier molecular flexibility index (Phi) is 6.98. The highest BCUT2D eigenvalue weighted by Gasteiger charge is 2.34. The number of nitrogens with zero attached hydrogens (tertiary/aromatic N) is 1. The molecule has 1 N–H and O–H groups in total. The smallest absolute Gasteiger partial charge is 0.303 e. The zero-order valence-electron chi connectivity index (χ0n) is 14.8. The summed E-state index contributed by atoms with van der Waals surface area (Å²) in [5.41, 5.74) is 1.80. The van der Waals surface area contributed by atoms with Gasteiger partial charge in [-0.15, -0.1) is 0 Å². The van der Waals surface area contributed by atoms with E-state index in [1.165, 1.54) is 0 Å². The highest BCUT2D eigenvalue weighted by Crippen LogP contribution is 2.41. The van der Waals surface area contributed by atoms with Crippen LogP contribution >= 0.6 is 11.6 Å². The highest BCUT2D eigenvalue weighted by molar-refractivity contribution is 6.31. The number of hydrogen-bond acceptors (Lipinski definition) is 4. The molecule has 0 spiro atoms. The van der Waals surface area contributed by atoms with E-state index in [0.717, 1.165) is 17.5 Å². The van der Waals surface area contributed by atoms with Crippen molar-refractivity contribution in [2.75, 3.05) is 6.61 Å². The van der Waals surface area contributed by atoms with Crippen LogP contribution in [-0.4, -0.2) is 22.7 Å². The van der Waals surface area contributed by atoms with Crippen molar-refractivity contribution in [3.8, 4) is 0 Å². The zero-order valence-corrected chi connectivity index (χ0v) is 15.6. The minimum atomic E-state index is -0.792. The molecule has 0 amide bonds. The van der Waals surface area contributed by atoms with Crippen molar-refractivity contribution in [1.29, 1.82) is 0 Å². The Morgan fingerprint density at radius 3 is 2.85 bits per heavy atom. The Balaban J connectivity index is 1.72. The molecule has 0 aliphatic carbocycles. The number of hydrogen-bond donors (Lipinski definition) is 1. The zero-order chi connectivity index (χ0) is 19.1. The van der Waals surface area contributed by atoms with Gasteiger partial charge in [0.25, 0.3) is 0 Å². The van der Waals surface area contributed by atoms with Crippen molar-refractivity contribution < 1.29 is 19.4 Å². The Bertz CT molecular complexity index is 781. The lowest BCUT2D eigenvalue weighted by Gasteiger charge is -2.37. The summed E-state index contributed by atoms with van der Waals surface area (Å²) in [6.07, 6.45) is 8.10. The van der Waals surface area contributed by atoms with Crippen LogP contribution in [0, 0.1) is 5.92 Å². The van der Waals surface area contributed by atoms with Crippen LogP contribution in [0.4, 0.5) is 0 Å². The molecule has 1 aromatic carbocycles. The molecule has 1 aliphatic rings. The largest absolute Gasteiger partial charge is 0.481 e. The summed E-state index contributed by atoms with van der Waals surface area (Å²) in [5, 5.41) is 9.33. The lowest BCUT2D eigenvalue weighted by Crippen LogP contribution is -2.30. The number of aliphatic carboxylic acids is 1. The van der Waals surface area contributed by atoms with E-state index in [4.69, 9.17) is 26.2 Å². The third-order valence-electron chi connectivity index (χ3n) is 4.46. The first-order valence-electron chi connectivity index (χ1n) is 8.93. The number of carbonyl (C=O) groups is 1. The molecule has 27 heavy (non-hydrogen) atoms. The normalized spacial score (nSPS) is 22.8. The van der Waals surface area contributed by atoms with Crippen molar-refractivity contribution >= 4 is 17.6 Å². The van der Waals surface area contributed by atoms with Crippen LogP contribution in [0.15, 0.2) is 60.9 Å². The molecule has 2 aromatic rings. The number of ether oxygens (including phenoxy) is 2. The summed E-state index contributed by atoms with van der Waals surface area (Å²) >= 11 is 6.30. The number of carboxylic acids is 1. The van der Waals surface area contributed by atoms with Crippen LogP contribution in [0.1, 0.15) is 42.8 Å². The molecule has 5 nitrogen and oxygen atoms in total. The van der Waals surface area contributed by atoms with E-state index >= 15 is 0 Å². The quantitative estimate of drug-likeness (QED) is 0.681. The molecule has 0 radical (unpaired) electrons. The minimum absolute atomic E-state index is 0.106. The topological polar surface area (TPSA) is 68.7 Å². The van der Waals surface area contributed by atoms with Crippen molar-refractivity contribution in [2.24, 2.45) is 5.92 Å². The molecule has 0 saturated carbocycles. The molecular weight excluding hydrogens is 366 g/mol. The molecular formula is C21H22ClNO4. The van der Waals surface area contributed by atoms with E-state index < -0.39 is 12.3 Å². The fourth-order valence-corrected chi connectivity index (χ4v) is 3.32. The number of allylic oxidation sites excluding steroid dienone is 2. The van der Waals surface area contributed by atoms with E-state index in [9.17, 15) is 4.79 Å². The monoisotopic (exact) mass is 387 g/mol. The summed E-state index contributed by atoms with van der Waals surface area (Å²) in [4.78, 5) is 14.8. The van der Waals surface area contributed by atoms with Crippen LogP contribution in [0.3, 0.4) is 0 Å². The minimum Gasteiger partial charge on any atom is -0.481 e. The first kappa shape index (κ1) is 19.5. The SMILES string of the molecule is O=C(O)CC/C=C\C[C@@H]1CO[C@H](c2ccccc2Cl)O[C@@H]1c1cccnc1. The number of pyridine rings is 1. The van der Waals surface area contributed by atoms with Crippen molar-refractivity contribution in [3.05, 3.63) is 77.1 Å². The molecule has 2 heterocycles. The van der Waals surface area contributed by atoms with Gasteiger partial charge in [0.2, 0.25) is 0 Å². The van der Waals surface area contributed by atoms with Crippen LogP contribution in [0.25, 0.3) is 0 Å². The second kappa shape index (κ2) is 9.65. The second-order valence-corrected chi connectivity index (χ2v) is 6.84. The molecule has 0 unspecified atom stereocenters. The third kappa shape index (κ3) is 5.39. The lowest BCUT2D eigenvalue weighted by molar-refractivity contribution is -0.243. The highest BCUT2D eigenvalue weighted by atomic mass is 35.5. The van der Waals surface area contributed by atoms with Crippen molar-refractivity contribution in [1.82, 2.24) is 4.98 Å². The summed E-state index contributed by atoms with van der Waals surface area (Å²) in [7, 11) is 0. The molecule has 3 atom stereocenters. The number of carboxylic acid groups (broad SMARTS) is 1. The average Bonchev–Trinajstić information content (AvgIpc) is 2.69. The number of halogens is 1. The van der Waals surface area contributed by atoms with E-state index in [-0.39, 0.29) is 18.4 Å². The van der Waals surface area contributed by atoms with Gasteiger partial charge in [-0.2, -0.15) is 0 Å². The van der Waals surface area contributed by atoms with Gasteiger partial charge in [-0.3, -0.25) is 9.78 Å². The van der Waals surface area contributed by atoms with Gasteiger partial charge in [0.1, 0.15) is 0 Å². The maximum Gasteiger partial charge on any atom is 0.303 e. The Labute approximate surface area is 163 Å². The molecule has 1 fully saturated rings. The molecule has 6 heteroatoms. The maximum atomic E-state index is 10.6. The van der Waals surface area contributed by atoms with Crippen LogP contribution < -0.4 is 0 Å². The summed E-state index contributed by atoms with van der Waals surface area (Å²) in [5.74, 6) is -0.686. The molecule has 1 aromatic heterocycles. The van der Waals surface area contributed by atoms with Gasteiger partial charge in [0, 0.05) is 35.3 Å². The van der Waals surface area contributed by atoms with Gasteiger partial charge in [0.15, 0.2) is 6.29 Å². The number of rotatable bonds is 7. The summed E-state index contributed by atoms with van der Waals surface area (Å²) in [6, 6.07) is 11.4. The molecule has 3 rings (SSSR count). The van der Waals surface area contributed by atoms with Gasteiger partial charge in [-0.05, 0) is 30.5 Å². The van der Waals surface area contributed by atoms with E-state index in [0.29, 0.717) is 18.1 Å². The number of benzene rings is 1. The lowest BCUT2D eigenvalue weighted by atomic mass is 9.92. The third-order valence-corrected chi connectivity index (χ3v) is 4.81. The predicted molar refractivity (Wildman–Crippen MR) is 102 cm³/mol. The first-order valence-corrected chi connectivity index (χ1v) is 9.31. The maximum absolute atomic E-state index is 10.6. The van der Waals surface area contributed by atoms with E-state index in [1.54, 1.807) is 12.4 Å². The van der Waals surface area contributed by atoms with E-state index in [2.05, 4.69) is 4.98 Å². The summed E-state index contributed by atoms with van der Waals surface area (Å²) < 4.78 is 12.2. The average molecular weight is 388 g/mol. The van der Waals surface area contributed by atoms with Crippen molar-refractivity contribution in [2.45, 2.75) is 31.7 Å². The Morgan fingerprint density at radius 1 is 1.26 bits per heavy atom. The molecule has 142 valence electrons. The number of aromatic nitrogens is 1. The van der Waals surface area contributed by atoms with Gasteiger partial charge >= 0.3 is 5.97 Å². The van der Waals surface area contributed by atoms with Gasteiger partial charge in [0.05, 0.1) is 12.7 Å². The molecule has 1 aliphatic heterocycles. The molecule has 0 bridgehead atoms. The molecule has 1 saturated heterocycles. The van der Waals surface area contributed by atoms with Gasteiger partial charge < -0.3 is 14.6 Å². The Hall–Kier alpha value is -2.21. The fourth-order valence-electron chi connectivity index (χ4n) is 3.09. The summed E-state index contributed by atoms with van der Waals surface area (Å²) in [6.45, 7) is 0.513. The van der Waals surface area contributed by atoms with Gasteiger partial charge in [-0.1, -0.05) is 48.0 Å². The predicted octanol–water partition coefficient (Wildman–Crippen LogP) is 4.95. The van der Waals surface area contributed by atoms with E-state index in [1.807, 2.05) is 48.6 Å². The van der Waals surface area contributed by atoms with Crippen LogP contribution in [0.5, 0.6) is 0 Å². The van der Waals surface area contributed by atoms with Crippen LogP contribution in [0.2, 0.25) is 5.02 Å². The second-order valence-electron chi connectivity index (χ2n) is 6.43.